The van der Waals surface area contributed by atoms with Crippen molar-refractivity contribution in [1.82, 2.24) is 5.43 Å². The molecule has 5 heteroatoms. The third kappa shape index (κ3) is 2.71. The standard InChI is InChI=1S/C17H14N2O2S/c1-11-8-9-22-16(11)17(21)19-18-10-13-7-6-12-4-2-3-5-14(12)15(13)20/h2-10,20H,1H3,(H,19,21)/b18-10-. The fraction of sp³-hybridized carbons (Fsp3) is 0.0588. The van der Waals surface area contributed by atoms with E-state index in [1.54, 1.807) is 6.07 Å². The summed E-state index contributed by atoms with van der Waals surface area (Å²) in [5.74, 6) is -0.0903. The third-order valence-electron chi connectivity index (χ3n) is 3.37. The molecule has 0 fully saturated rings. The van der Waals surface area contributed by atoms with Gasteiger partial charge in [-0.3, -0.25) is 4.79 Å². The van der Waals surface area contributed by atoms with Crippen LogP contribution in [0, 0.1) is 6.92 Å². The van der Waals surface area contributed by atoms with E-state index in [9.17, 15) is 9.90 Å². The van der Waals surface area contributed by atoms with Gasteiger partial charge in [0.2, 0.25) is 0 Å². The average Bonchev–Trinajstić information content (AvgIpc) is 2.96. The van der Waals surface area contributed by atoms with Gasteiger partial charge in [-0.15, -0.1) is 11.3 Å². The lowest BCUT2D eigenvalue weighted by atomic mass is 10.1. The van der Waals surface area contributed by atoms with E-state index in [-0.39, 0.29) is 11.7 Å². The molecule has 110 valence electrons. The number of phenols is 1. The topological polar surface area (TPSA) is 61.7 Å². The van der Waals surface area contributed by atoms with Crippen LogP contribution in [0.2, 0.25) is 0 Å². The SMILES string of the molecule is Cc1ccsc1C(=O)N/N=C\c1ccc2ccccc2c1O. The monoisotopic (exact) mass is 310 g/mol. The summed E-state index contributed by atoms with van der Waals surface area (Å²) in [6.07, 6.45) is 1.45. The Hall–Kier alpha value is -2.66. The third-order valence-corrected chi connectivity index (χ3v) is 4.39. The van der Waals surface area contributed by atoms with Gasteiger partial charge < -0.3 is 5.11 Å². The number of amides is 1. The highest BCUT2D eigenvalue weighted by atomic mass is 32.1. The summed E-state index contributed by atoms with van der Waals surface area (Å²) in [4.78, 5) is 12.6. The predicted molar refractivity (Wildman–Crippen MR) is 89.7 cm³/mol. The molecule has 3 rings (SSSR count). The zero-order valence-corrected chi connectivity index (χ0v) is 12.7. The molecule has 22 heavy (non-hydrogen) atoms. The molecular weight excluding hydrogens is 296 g/mol. The molecule has 3 aromatic rings. The quantitative estimate of drug-likeness (QED) is 0.572. The van der Waals surface area contributed by atoms with Crippen LogP contribution in [0.1, 0.15) is 20.8 Å². The molecule has 2 aromatic carbocycles. The number of hydrazone groups is 1. The van der Waals surface area contributed by atoms with Crippen LogP contribution in [0.25, 0.3) is 10.8 Å². The van der Waals surface area contributed by atoms with Gasteiger partial charge >= 0.3 is 0 Å². The van der Waals surface area contributed by atoms with Gasteiger partial charge in [0.15, 0.2) is 0 Å². The first kappa shape index (κ1) is 14.3. The number of phenolic OH excluding ortho intramolecular Hbond substituents is 1. The number of aryl methyl sites for hydroxylation is 1. The Labute approximate surface area is 131 Å². The number of benzene rings is 2. The van der Waals surface area contributed by atoms with Crippen molar-refractivity contribution in [3.05, 3.63) is 63.8 Å². The van der Waals surface area contributed by atoms with E-state index in [1.165, 1.54) is 17.6 Å². The van der Waals surface area contributed by atoms with Gasteiger partial charge in [-0.2, -0.15) is 5.10 Å². The fourth-order valence-corrected chi connectivity index (χ4v) is 3.01. The number of fused-ring (bicyclic) bond motifs is 1. The highest BCUT2D eigenvalue weighted by molar-refractivity contribution is 7.12. The summed E-state index contributed by atoms with van der Waals surface area (Å²) in [7, 11) is 0. The normalized spacial score (nSPS) is 11.1. The van der Waals surface area contributed by atoms with Crippen LogP contribution in [0.15, 0.2) is 52.9 Å². The molecule has 0 spiro atoms. The number of thiophene rings is 1. The van der Waals surface area contributed by atoms with E-state index in [2.05, 4.69) is 10.5 Å². The minimum absolute atomic E-state index is 0.156. The van der Waals surface area contributed by atoms with Crippen molar-refractivity contribution in [3.63, 3.8) is 0 Å². The van der Waals surface area contributed by atoms with E-state index in [0.717, 1.165) is 16.3 Å². The van der Waals surface area contributed by atoms with Gasteiger partial charge in [-0.25, -0.2) is 5.43 Å². The van der Waals surface area contributed by atoms with Gasteiger partial charge in [0.1, 0.15) is 5.75 Å². The smallest absolute Gasteiger partial charge is 0.281 e. The number of nitrogens with one attached hydrogen (secondary N) is 1. The highest BCUT2D eigenvalue weighted by Gasteiger charge is 2.09. The number of carbonyl (C=O) groups excluding carboxylic acids is 1. The van der Waals surface area contributed by atoms with Gasteiger partial charge in [-0.1, -0.05) is 30.3 Å². The average molecular weight is 310 g/mol. The predicted octanol–water partition coefficient (Wildman–Crippen LogP) is 3.68. The van der Waals surface area contributed by atoms with Gasteiger partial charge in [0, 0.05) is 10.9 Å². The second kappa shape index (κ2) is 5.99. The number of hydrogen-bond acceptors (Lipinski definition) is 4. The van der Waals surface area contributed by atoms with Crippen molar-refractivity contribution in [1.29, 1.82) is 0 Å². The van der Waals surface area contributed by atoms with Crippen molar-refractivity contribution in [3.8, 4) is 5.75 Å². The van der Waals surface area contributed by atoms with Crippen molar-refractivity contribution in [2.75, 3.05) is 0 Å². The molecule has 0 aliphatic rings. The van der Waals surface area contributed by atoms with Crippen LogP contribution in [0.3, 0.4) is 0 Å². The van der Waals surface area contributed by atoms with E-state index >= 15 is 0 Å². The molecule has 0 bridgehead atoms. The first-order valence-electron chi connectivity index (χ1n) is 6.75. The molecular formula is C17H14N2O2S. The van der Waals surface area contributed by atoms with Crippen LogP contribution in [-0.2, 0) is 0 Å². The summed E-state index contributed by atoms with van der Waals surface area (Å²) < 4.78 is 0. The maximum atomic E-state index is 11.9. The van der Waals surface area contributed by atoms with E-state index in [1.807, 2.05) is 48.7 Å². The molecule has 0 unspecified atom stereocenters. The maximum absolute atomic E-state index is 11.9. The molecule has 0 aliphatic carbocycles. The van der Waals surface area contributed by atoms with Crippen molar-refractivity contribution < 1.29 is 9.90 Å². The Balaban J connectivity index is 1.80. The second-order valence-corrected chi connectivity index (χ2v) is 5.77. The van der Waals surface area contributed by atoms with Crippen LogP contribution in [0.5, 0.6) is 5.75 Å². The molecule has 1 aromatic heterocycles. The Morgan fingerprint density at radius 3 is 2.82 bits per heavy atom. The minimum Gasteiger partial charge on any atom is -0.507 e. The van der Waals surface area contributed by atoms with Crippen LogP contribution >= 0.6 is 11.3 Å². The molecule has 4 nitrogen and oxygen atoms in total. The molecule has 2 N–H and O–H groups in total. The van der Waals surface area contributed by atoms with Gasteiger partial charge in [-0.05, 0) is 35.4 Å². The molecule has 0 saturated carbocycles. The van der Waals surface area contributed by atoms with Crippen LogP contribution in [0.4, 0.5) is 0 Å². The zero-order chi connectivity index (χ0) is 15.5. The summed E-state index contributed by atoms with van der Waals surface area (Å²) in [5, 5.41) is 17.7. The molecule has 1 amide bonds. The molecule has 0 aliphatic heterocycles. The van der Waals surface area contributed by atoms with Gasteiger partial charge in [0.05, 0.1) is 11.1 Å². The largest absolute Gasteiger partial charge is 0.507 e. The van der Waals surface area contributed by atoms with Crippen molar-refractivity contribution in [2.24, 2.45) is 5.10 Å². The Kier molecular flexibility index (Phi) is 3.89. The van der Waals surface area contributed by atoms with E-state index in [4.69, 9.17) is 0 Å². The van der Waals surface area contributed by atoms with Crippen LogP contribution < -0.4 is 5.43 Å². The number of rotatable bonds is 3. The van der Waals surface area contributed by atoms with Crippen molar-refractivity contribution in [2.45, 2.75) is 6.92 Å². The number of aromatic hydroxyl groups is 1. The summed E-state index contributed by atoms with van der Waals surface area (Å²) >= 11 is 1.37. The maximum Gasteiger partial charge on any atom is 0.281 e. The Morgan fingerprint density at radius 1 is 1.23 bits per heavy atom. The number of carbonyl (C=O) groups is 1. The molecule has 0 radical (unpaired) electrons. The number of hydrogen-bond donors (Lipinski definition) is 2. The van der Waals surface area contributed by atoms with Gasteiger partial charge in [0.25, 0.3) is 5.91 Å². The Bertz CT molecular complexity index is 868. The lowest BCUT2D eigenvalue weighted by molar-refractivity contribution is 0.0958. The molecule has 0 saturated heterocycles. The number of nitrogens with zero attached hydrogens (tertiary/aromatic N) is 1. The Morgan fingerprint density at radius 2 is 2.05 bits per heavy atom. The van der Waals surface area contributed by atoms with E-state index < -0.39 is 0 Å². The molecule has 0 atom stereocenters. The summed E-state index contributed by atoms with van der Waals surface area (Å²) in [5.41, 5.74) is 3.96. The highest BCUT2D eigenvalue weighted by Crippen LogP contribution is 2.27. The van der Waals surface area contributed by atoms with E-state index in [0.29, 0.717) is 10.4 Å². The first-order chi connectivity index (χ1) is 10.7. The lowest BCUT2D eigenvalue weighted by Gasteiger charge is -2.04. The van der Waals surface area contributed by atoms with Crippen LogP contribution in [-0.4, -0.2) is 17.2 Å². The second-order valence-electron chi connectivity index (χ2n) is 4.86. The summed E-state index contributed by atoms with van der Waals surface area (Å²) in [6, 6.07) is 13.1. The lowest BCUT2D eigenvalue weighted by Crippen LogP contribution is -2.17. The first-order valence-corrected chi connectivity index (χ1v) is 7.63. The fourth-order valence-electron chi connectivity index (χ4n) is 2.19. The zero-order valence-electron chi connectivity index (χ0n) is 11.9. The minimum atomic E-state index is -0.246. The van der Waals surface area contributed by atoms with Crippen molar-refractivity contribution >= 4 is 34.2 Å². The molecule has 1 heterocycles. The summed E-state index contributed by atoms with van der Waals surface area (Å²) in [6.45, 7) is 1.88.